The summed E-state index contributed by atoms with van der Waals surface area (Å²) in [4.78, 5) is 0. The van der Waals surface area contributed by atoms with Crippen molar-refractivity contribution in [2.24, 2.45) is 0 Å². The van der Waals surface area contributed by atoms with E-state index in [1.165, 1.54) is 16.7 Å². The molecule has 1 heterocycles. The van der Waals surface area contributed by atoms with Crippen molar-refractivity contribution in [2.75, 3.05) is 14.2 Å². The molecule has 0 aliphatic carbocycles. The fraction of sp³-hybridized carbons (Fsp3) is 0.625. The van der Waals surface area contributed by atoms with E-state index < -0.39 is 0 Å². The second kappa shape index (κ2) is 5.93. The van der Waals surface area contributed by atoms with Crippen LogP contribution in [0.4, 0.5) is 0 Å². The average molecular weight is 263 g/mol. The minimum atomic E-state index is 0.258. The zero-order chi connectivity index (χ0) is 14.0. The summed E-state index contributed by atoms with van der Waals surface area (Å²) in [5, 5.41) is 3.41. The van der Waals surface area contributed by atoms with Gasteiger partial charge in [0.1, 0.15) is 5.75 Å². The van der Waals surface area contributed by atoms with Crippen molar-refractivity contribution >= 4 is 0 Å². The topological polar surface area (TPSA) is 30.5 Å². The van der Waals surface area contributed by atoms with Crippen LogP contribution in [0.3, 0.4) is 0 Å². The summed E-state index contributed by atoms with van der Waals surface area (Å²) < 4.78 is 11.4. The minimum absolute atomic E-state index is 0.258. The van der Waals surface area contributed by atoms with Gasteiger partial charge in [0.25, 0.3) is 0 Å². The van der Waals surface area contributed by atoms with Crippen molar-refractivity contribution in [1.29, 1.82) is 0 Å². The molecule has 0 saturated carbocycles. The van der Waals surface area contributed by atoms with Crippen molar-refractivity contribution in [1.82, 2.24) is 5.32 Å². The van der Waals surface area contributed by atoms with Crippen molar-refractivity contribution in [3.8, 4) is 5.75 Å². The number of benzene rings is 1. The van der Waals surface area contributed by atoms with Crippen LogP contribution < -0.4 is 10.1 Å². The van der Waals surface area contributed by atoms with Gasteiger partial charge in [-0.15, -0.1) is 0 Å². The fourth-order valence-electron chi connectivity index (χ4n) is 3.13. The number of hydrogen-bond donors (Lipinski definition) is 1. The molecule has 19 heavy (non-hydrogen) atoms. The predicted molar refractivity (Wildman–Crippen MR) is 77.8 cm³/mol. The molecule has 3 unspecified atom stereocenters. The van der Waals surface area contributed by atoms with Gasteiger partial charge in [0, 0.05) is 0 Å². The van der Waals surface area contributed by atoms with Crippen LogP contribution in [0.1, 0.15) is 42.5 Å². The van der Waals surface area contributed by atoms with E-state index >= 15 is 0 Å². The summed E-state index contributed by atoms with van der Waals surface area (Å²) in [7, 11) is 3.73. The van der Waals surface area contributed by atoms with Gasteiger partial charge < -0.3 is 14.8 Å². The summed E-state index contributed by atoms with van der Waals surface area (Å²) in [6, 6.07) is 4.67. The Labute approximate surface area is 116 Å². The Hall–Kier alpha value is -1.06. The Morgan fingerprint density at radius 1 is 1.26 bits per heavy atom. The van der Waals surface area contributed by atoms with Crippen LogP contribution in [0.5, 0.6) is 5.75 Å². The van der Waals surface area contributed by atoms with Gasteiger partial charge in [0.15, 0.2) is 0 Å². The van der Waals surface area contributed by atoms with E-state index in [-0.39, 0.29) is 12.1 Å². The van der Waals surface area contributed by atoms with Crippen LogP contribution in [0.2, 0.25) is 0 Å². The number of rotatable bonds is 4. The van der Waals surface area contributed by atoms with Crippen molar-refractivity contribution in [2.45, 2.75) is 51.9 Å². The number of likely N-dealkylation sites (N-methyl/N-ethyl adjacent to an activating group) is 1. The van der Waals surface area contributed by atoms with Gasteiger partial charge in [-0.05, 0) is 57.4 Å². The maximum Gasteiger partial charge on any atom is 0.124 e. The largest absolute Gasteiger partial charge is 0.496 e. The van der Waals surface area contributed by atoms with Gasteiger partial charge in [0.05, 0.1) is 25.4 Å². The highest BCUT2D eigenvalue weighted by atomic mass is 16.5. The number of aryl methyl sites for hydroxylation is 2. The Morgan fingerprint density at radius 2 is 1.89 bits per heavy atom. The third-order valence-corrected chi connectivity index (χ3v) is 3.99. The lowest BCUT2D eigenvalue weighted by molar-refractivity contribution is 0.0333. The first-order valence-electron chi connectivity index (χ1n) is 7.04. The summed E-state index contributed by atoms with van der Waals surface area (Å²) in [5.74, 6) is 0.985. The molecule has 0 radical (unpaired) electrons. The smallest absolute Gasteiger partial charge is 0.124 e. The molecule has 3 atom stereocenters. The Kier molecular flexibility index (Phi) is 4.48. The second-order valence-corrected chi connectivity index (χ2v) is 5.52. The highest BCUT2D eigenvalue weighted by molar-refractivity contribution is 5.44. The molecule has 1 saturated heterocycles. The molecule has 106 valence electrons. The molecule has 3 nitrogen and oxygen atoms in total. The lowest BCUT2D eigenvalue weighted by Gasteiger charge is -2.25. The standard InChI is InChI=1S/C16H25NO2/c1-10-8-13(9-11(2)16(10)18-5)15(17-4)14-7-6-12(3)19-14/h8-9,12,14-15,17H,6-7H2,1-5H3. The normalized spacial score (nSPS) is 24.5. The van der Waals surface area contributed by atoms with Gasteiger partial charge >= 0.3 is 0 Å². The van der Waals surface area contributed by atoms with Crippen LogP contribution in [0.15, 0.2) is 12.1 Å². The number of methoxy groups -OCH3 is 1. The summed E-state index contributed by atoms with van der Waals surface area (Å²) in [6.45, 7) is 6.34. The molecular weight excluding hydrogens is 238 g/mol. The molecule has 1 aliphatic rings. The van der Waals surface area contributed by atoms with Crippen LogP contribution in [-0.2, 0) is 4.74 Å². The van der Waals surface area contributed by atoms with E-state index in [0.717, 1.165) is 18.6 Å². The van der Waals surface area contributed by atoms with Crippen molar-refractivity contribution < 1.29 is 9.47 Å². The molecule has 1 aliphatic heterocycles. The minimum Gasteiger partial charge on any atom is -0.496 e. The molecule has 1 aromatic carbocycles. The zero-order valence-corrected chi connectivity index (χ0v) is 12.6. The number of hydrogen-bond acceptors (Lipinski definition) is 3. The van der Waals surface area contributed by atoms with Gasteiger partial charge in [-0.1, -0.05) is 12.1 Å². The maximum atomic E-state index is 6.01. The van der Waals surface area contributed by atoms with E-state index in [0.29, 0.717) is 6.10 Å². The molecule has 1 N–H and O–H groups in total. The van der Waals surface area contributed by atoms with Gasteiger partial charge in [0.2, 0.25) is 0 Å². The average Bonchev–Trinajstić information content (AvgIpc) is 2.76. The van der Waals surface area contributed by atoms with E-state index in [1.807, 2.05) is 7.05 Å². The first kappa shape index (κ1) is 14.4. The first-order chi connectivity index (χ1) is 9.06. The molecular formula is C16H25NO2. The Morgan fingerprint density at radius 3 is 2.32 bits per heavy atom. The molecule has 2 rings (SSSR count). The highest BCUT2D eigenvalue weighted by Gasteiger charge is 2.30. The molecule has 0 amide bonds. The molecule has 1 fully saturated rings. The number of ether oxygens (including phenoxy) is 2. The third kappa shape index (κ3) is 2.93. The maximum absolute atomic E-state index is 6.01. The lowest BCUT2D eigenvalue weighted by Crippen LogP contribution is -2.29. The van der Waals surface area contributed by atoms with Gasteiger partial charge in [-0.2, -0.15) is 0 Å². The summed E-state index contributed by atoms with van der Waals surface area (Å²) in [5.41, 5.74) is 3.66. The van der Waals surface area contributed by atoms with E-state index in [4.69, 9.17) is 9.47 Å². The van der Waals surface area contributed by atoms with Crippen LogP contribution in [0, 0.1) is 13.8 Å². The molecule has 3 heteroatoms. The monoisotopic (exact) mass is 263 g/mol. The molecule has 1 aromatic rings. The van der Waals surface area contributed by atoms with Crippen molar-refractivity contribution in [3.63, 3.8) is 0 Å². The highest BCUT2D eigenvalue weighted by Crippen LogP contribution is 2.33. The quantitative estimate of drug-likeness (QED) is 0.905. The summed E-state index contributed by atoms with van der Waals surface area (Å²) in [6.07, 6.45) is 2.92. The first-order valence-corrected chi connectivity index (χ1v) is 7.04. The van der Waals surface area contributed by atoms with E-state index in [1.54, 1.807) is 7.11 Å². The van der Waals surface area contributed by atoms with Crippen LogP contribution in [0.25, 0.3) is 0 Å². The summed E-state index contributed by atoms with van der Waals surface area (Å²) >= 11 is 0. The third-order valence-electron chi connectivity index (χ3n) is 3.99. The van der Waals surface area contributed by atoms with Gasteiger partial charge in [-0.3, -0.25) is 0 Å². The zero-order valence-electron chi connectivity index (χ0n) is 12.6. The molecule has 0 spiro atoms. The van der Waals surface area contributed by atoms with E-state index in [9.17, 15) is 0 Å². The fourth-order valence-corrected chi connectivity index (χ4v) is 3.13. The molecule has 0 bridgehead atoms. The predicted octanol–water partition coefficient (Wildman–Crippen LogP) is 3.14. The number of nitrogens with one attached hydrogen (secondary N) is 1. The lowest BCUT2D eigenvalue weighted by atomic mass is 9.95. The second-order valence-electron chi connectivity index (χ2n) is 5.52. The van der Waals surface area contributed by atoms with E-state index in [2.05, 4.69) is 38.2 Å². The Bertz CT molecular complexity index is 421. The van der Waals surface area contributed by atoms with Crippen LogP contribution in [-0.4, -0.2) is 26.4 Å². The van der Waals surface area contributed by atoms with Crippen molar-refractivity contribution in [3.05, 3.63) is 28.8 Å². The van der Waals surface area contributed by atoms with Gasteiger partial charge in [-0.25, -0.2) is 0 Å². The SMILES string of the molecule is CNC(c1cc(C)c(OC)c(C)c1)C1CCC(C)O1. The van der Waals surface area contributed by atoms with Crippen LogP contribution >= 0.6 is 0 Å². The molecule has 0 aromatic heterocycles. The Balaban J connectivity index is 2.28.